The fourth-order valence-electron chi connectivity index (χ4n) is 2.45. The Bertz CT molecular complexity index is 431. The van der Waals surface area contributed by atoms with Gasteiger partial charge in [0.05, 0.1) is 6.10 Å². The summed E-state index contributed by atoms with van der Waals surface area (Å²) in [6.45, 7) is 1.79. The van der Waals surface area contributed by atoms with Gasteiger partial charge >= 0.3 is 0 Å². The minimum Gasteiger partial charge on any atom is -0.378 e. The van der Waals surface area contributed by atoms with Crippen LogP contribution in [-0.4, -0.2) is 29.2 Å². The zero-order chi connectivity index (χ0) is 13.1. The topological polar surface area (TPSA) is 47.0 Å². The third-order valence-corrected chi connectivity index (χ3v) is 3.89. The van der Waals surface area contributed by atoms with E-state index in [1.165, 1.54) is 32.1 Å². The van der Waals surface area contributed by atoms with Crippen molar-refractivity contribution in [3.05, 3.63) is 17.0 Å². The first-order chi connectivity index (χ1) is 9.31. The van der Waals surface area contributed by atoms with Crippen LogP contribution in [0.2, 0.25) is 5.15 Å². The molecule has 1 aliphatic heterocycles. The van der Waals surface area contributed by atoms with E-state index in [2.05, 4.69) is 15.3 Å². The van der Waals surface area contributed by atoms with Crippen LogP contribution in [-0.2, 0) is 4.74 Å². The third-order valence-electron chi connectivity index (χ3n) is 3.70. The van der Waals surface area contributed by atoms with E-state index in [-0.39, 0.29) is 0 Å². The van der Waals surface area contributed by atoms with Crippen LogP contribution in [0.15, 0.2) is 6.07 Å². The van der Waals surface area contributed by atoms with Gasteiger partial charge in [-0.2, -0.15) is 0 Å². The second-order valence-electron chi connectivity index (χ2n) is 5.41. The zero-order valence-corrected chi connectivity index (χ0v) is 11.8. The van der Waals surface area contributed by atoms with Crippen LogP contribution in [0.5, 0.6) is 0 Å². The standard InChI is InChI=1S/C14H20ClN3O/c15-12-9-13(18-14(17-12)10-4-5-10)16-7-6-11-3-1-2-8-19-11/h9-11H,1-8H2,(H,16,17,18). The highest BCUT2D eigenvalue weighted by Gasteiger charge is 2.27. The summed E-state index contributed by atoms with van der Waals surface area (Å²) >= 11 is 6.03. The molecule has 2 fully saturated rings. The number of hydrogen-bond donors (Lipinski definition) is 1. The highest BCUT2D eigenvalue weighted by atomic mass is 35.5. The van der Waals surface area contributed by atoms with Crippen molar-refractivity contribution in [2.45, 2.75) is 50.5 Å². The molecule has 1 aromatic rings. The molecular weight excluding hydrogens is 262 g/mol. The molecule has 1 saturated heterocycles. The Kier molecular flexibility index (Phi) is 4.18. The molecule has 0 bridgehead atoms. The van der Waals surface area contributed by atoms with Gasteiger partial charge in [-0.3, -0.25) is 0 Å². The lowest BCUT2D eigenvalue weighted by molar-refractivity contribution is 0.0134. The summed E-state index contributed by atoms with van der Waals surface area (Å²) in [4.78, 5) is 8.81. The average Bonchev–Trinajstić information content (AvgIpc) is 3.24. The molecule has 0 aromatic carbocycles. The van der Waals surface area contributed by atoms with E-state index in [1.807, 2.05) is 0 Å². The van der Waals surface area contributed by atoms with Crippen LogP contribution in [0.3, 0.4) is 0 Å². The molecule has 5 heteroatoms. The molecule has 1 atom stereocenters. The molecule has 4 nitrogen and oxygen atoms in total. The number of nitrogens with zero attached hydrogens (tertiary/aromatic N) is 2. The number of ether oxygens (including phenoxy) is 1. The Morgan fingerprint density at radius 3 is 2.89 bits per heavy atom. The summed E-state index contributed by atoms with van der Waals surface area (Å²) in [5.74, 6) is 2.27. The highest BCUT2D eigenvalue weighted by molar-refractivity contribution is 6.29. The fraction of sp³-hybridized carbons (Fsp3) is 0.714. The predicted octanol–water partition coefficient (Wildman–Crippen LogP) is 3.38. The monoisotopic (exact) mass is 281 g/mol. The number of halogens is 1. The van der Waals surface area contributed by atoms with Crippen LogP contribution in [0.4, 0.5) is 5.82 Å². The number of nitrogens with one attached hydrogen (secondary N) is 1. The molecule has 3 rings (SSSR count). The first-order valence-corrected chi connectivity index (χ1v) is 7.59. The average molecular weight is 282 g/mol. The minimum atomic E-state index is 0.404. The molecule has 1 N–H and O–H groups in total. The van der Waals surface area contributed by atoms with E-state index in [0.717, 1.165) is 31.2 Å². The maximum atomic E-state index is 6.03. The highest BCUT2D eigenvalue weighted by Crippen LogP contribution is 2.38. The molecular formula is C14H20ClN3O. The quantitative estimate of drug-likeness (QED) is 0.841. The van der Waals surface area contributed by atoms with Gasteiger partial charge in [0, 0.05) is 25.1 Å². The van der Waals surface area contributed by atoms with Crippen LogP contribution in [0.25, 0.3) is 0 Å². The Morgan fingerprint density at radius 2 is 2.16 bits per heavy atom. The molecule has 0 spiro atoms. The van der Waals surface area contributed by atoms with E-state index in [4.69, 9.17) is 16.3 Å². The molecule has 0 amide bonds. The predicted molar refractivity (Wildman–Crippen MR) is 75.7 cm³/mol. The van der Waals surface area contributed by atoms with Gasteiger partial charge in [-0.1, -0.05) is 11.6 Å². The van der Waals surface area contributed by atoms with Crippen molar-refractivity contribution in [3.8, 4) is 0 Å². The molecule has 104 valence electrons. The summed E-state index contributed by atoms with van der Waals surface area (Å²) in [6.07, 6.45) is 7.48. The van der Waals surface area contributed by atoms with Crippen molar-refractivity contribution in [1.29, 1.82) is 0 Å². The Hall–Kier alpha value is -0.870. The third kappa shape index (κ3) is 3.80. The zero-order valence-electron chi connectivity index (χ0n) is 11.1. The van der Waals surface area contributed by atoms with Crippen LogP contribution < -0.4 is 5.32 Å². The summed E-state index contributed by atoms with van der Waals surface area (Å²) in [5.41, 5.74) is 0. The SMILES string of the molecule is Clc1cc(NCCC2CCCCO2)nc(C2CC2)n1. The molecule has 19 heavy (non-hydrogen) atoms. The van der Waals surface area contributed by atoms with Gasteiger partial charge in [0.15, 0.2) is 0 Å². The van der Waals surface area contributed by atoms with Gasteiger partial charge in [0.2, 0.25) is 0 Å². The number of rotatable bonds is 5. The van der Waals surface area contributed by atoms with Gasteiger partial charge in [-0.05, 0) is 38.5 Å². The van der Waals surface area contributed by atoms with Gasteiger partial charge in [0.1, 0.15) is 16.8 Å². The lowest BCUT2D eigenvalue weighted by Crippen LogP contribution is -2.22. The maximum absolute atomic E-state index is 6.03. The largest absolute Gasteiger partial charge is 0.378 e. The molecule has 2 aliphatic rings. The van der Waals surface area contributed by atoms with Crippen molar-refractivity contribution in [2.75, 3.05) is 18.5 Å². The Labute approximate surface area is 118 Å². The van der Waals surface area contributed by atoms with Crippen LogP contribution in [0.1, 0.15) is 50.3 Å². The molecule has 1 saturated carbocycles. The molecule has 1 unspecified atom stereocenters. The van der Waals surface area contributed by atoms with Gasteiger partial charge in [-0.15, -0.1) is 0 Å². The fourth-order valence-corrected chi connectivity index (χ4v) is 2.64. The molecule has 1 aliphatic carbocycles. The number of anilines is 1. The van der Waals surface area contributed by atoms with Crippen molar-refractivity contribution >= 4 is 17.4 Å². The molecule has 0 radical (unpaired) electrons. The van der Waals surface area contributed by atoms with Crippen LogP contribution in [0, 0.1) is 0 Å². The smallest absolute Gasteiger partial charge is 0.135 e. The summed E-state index contributed by atoms with van der Waals surface area (Å²) in [6, 6.07) is 1.80. The Morgan fingerprint density at radius 1 is 1.26 bits per heavy atom. The van der Waals surface area contributed by atoms with Crippen LogP contribution >= 0.6 is 11.6 Å². The van der Waals surface area contributed by atoms with E-state index in [9.17, 15) is 0 Å². The lowest BCUT2D eigenvalue weighted by Gasteiger charge is -2.22. The summed E-state index contributed by atoms with van der Waals surface area (Å²) in [5, 5.41) is 3.88. The van der Waals surface area contributed by atoms with Gasteiger partial charge < -0.3 is 10.1 Å². The number of hydrogen-bond acceptors (Lipinski definition) is 4. The van der Waals surface area contributed by atoms with Crippen molar-refractivity contribution in [1.82, 2.24) is 9.97 Å². The second-order valence-corrected chi connectivity index (χ2v) is 5.80. The van der Waals surface area contributed by atoms with Crippen molar-refractivity contribution in [2.24, 2.45) is 0 Å². The Balaban J connectivity index is 1.51. The molecule has 1 aromatic heterocycles. The summed E-state index contributed by atoms with van der Waals surface area (Å²) in [7, 11) is 0. The molecule has 2 heterocycles. The van der Waals surface area contributed by atoms with Crippen molar-refractivity contribution < 1.29 is 4.74 Å². The number of aromatic nitrogens is 2. The van der Waals surface area contributed by atoms with Gasteiger partial charge in [-0.25, -0.2) is 9.97 Å². The normalized spacial score (nSPS) is 23.3. The van der Waals surface area contributed by atoms with E-state index < -0.39 is 0 Å². The van der Waals surface area contributed by atoms with Crippen molar-refractivity contribution in [3.63, 3.8) is 0 Å². The van der Waals surface area contributed by atoms with E-state index in [1.54, 1.807) is 6.07 Å². The van der Waals surface area contributed by atoms with E-state index >= 15 is 0 Å². The minimum absolute atomic E-state index is 0.404. The van der Waals surface area contributed by atoms with E-state index in [0.29, 0.717) is 17.2 Å². The van der Waals surface area contributed by atoms with Gasteiger partial charge in [0.25, 0.3) is 0 Å². The first kappa shape index (κ1) is 13.1. The maximum Gasteiger partial charge on any atom is 0.135 e. The second kappa shape index (κ2) is 6.06. The summed E-state index contributed by atoms with van der Waals surface area (Å²) < 4.78 is 5.71. The lowest BCUT2D eigenvalue weighted by atomic mass is 10.1. The first-order valence-electron chi connectivity index (χ1n) is 7.21.